The highest BCUT2D eigenvalue weighted by Gasteiger charge is 2.14. The number of guanidine groups is 1. The molecule has 140 valence electrons. The number of hydrogen-bond acceptors (Lipinski definition) is 3. The Bertz CT molecular complexity index is 530. The van der Waals surface area contributed by atoms with Crippen molar-refractivity contribution in [2.75, 3.05) is 46.4 Å². The summed E-state index contributed by atoms with van der Waals surface area (Å²) in [6.45, 7) is 11.0. The molecule has 2 rings (SSSR count). The van der Waals surface area contributed by atoms with Crippen LogP contribution in [0.2, 0.25) is 0 Å². The maximum Gasteiger partial charge on any atom is 0.191 e. The summed E-state index contributed by atoms with van der Waals surface area (Å²) in [5.74, 6) is 1.48. The zero-order chi connectivity index (χ0) is 17.9. The van der Waals surface area contributed by atoms with E-state index in [0.717, 1.165) is 64.7 Å². The van der Waals surface area contributed by atoms with E-state index in [1.165, 1.54) is 11.1 Å². The number of nitrogens with one attached hydrogen (secondary N) is 2. The minimum Gasteiger partial charge on any atom is -0.381 e. The van der Waals surface area contributed by atoms with E-state index in [-0.39, 0.29) is 0 Å². The quantitative estimate of drug-likeness (QED) is 0.409. The fourth-order valence-electron chi connectivity index (χ4n) is 3.00. The standard InChI is InChI=1S/C20H34N4O/c1-17(2)16-25-14-6-10-22-20(21-3)23-11-13-24-12-9-18-7-4-5-8-19(18)15-24/h4-5,7-8,17H,6,9-16H2,1-3H3,(H2,21,22,23). The van der Waals surface area contributed by atoms with Crippen LogP contribution >= 0.6 is 0 Å². The first-order valence-corrected chi connectivity index (χ1v) is 9.50. The predicted molar refractivity (Wildman–Crippen MR) is 105 cm³/mol. The average Bonchev–Trinajstić information content (AvgIpc) is 2.62. The second kappa shape index (κ2) is 11.1. The molecule has 1 aliphatic heterocycles. The summed E-state index contributed by atoms with van der Waals surface area (Å²) in [6.07, 6.45) is 2.15. The summed E-state index contributed by atoms with van der Waals surface area (Å²) in [7, 11) is 1.82. The molecular weight excluding hydrogens is 312 g/mol. The molecule has 25 heavy (non-hydrogen) atoms. The fourth-order valence-corrected chi connectivity index (χ4v) is 3.00. The number of rotatable bonds is 9. The van der Waals surface area contributed by atoms with Gasteiger partial charge in [-0.25, -0.2) is 0 Å². The van der Waals surface area contributed by atoms with Crippen molar-refractivity contribution < 1.29 is 4.74 Å². The number of ether oxygens (including phenoxy) is 1. The Hall–Kier alpha value is -1.59. The fraction of sp³-hybridized carbons (Fsp3) is 0.650. The first-order valence-electron chi connectivity index (χ1n) is 9.50. The molecule has 1 aromatic carbocycles. The largest absolute Gasteiger partial charge is 0.381 e. The lowest BCUT2D eigenvalue weighted by Gasteiger charge is -2.28. The number of hydrogen-bond donors (Lipinski definition) is 2. The minimum atomic E-state index is 0.601. The molecule has 0 aromatic heterocycles. The molecular formula is C20H34N4O. The van der Waals surface area contributed by atoms with Crippen LogP contribution in [-0.2, 0) is 17.7 Å². The molecule has 0 aliphatic carbocycles. The second-order valence-corrected chi connectivity index (χ2v) is 7.04. The predicted octanol–water partition coefficient (Wildman–Crippen LogP) is 2.27. The monoisotopic (exact) mass is 346 g/mol. The SMILES string of the molecule is CN=C(NCCCOCC(C)C)NCCN1CCc2ccccc2C1. The Kier molecular flexibility index (Phi) is 8.77. The molecule has 0 unspecified atom stereocenters. The molecule has 0 amide bonds. The molecule has 0 saturated carbocycles. The molecule has 0 bridgehead atoms. The molecule has 0 saturated heterocycles. The Morgan fingerprint density at radius 3 is 2.72 bits per heavy atom. The van der Waals surface area contributed by atoms with Gasteiger partial charge >= 0.3 is 0 Å². The number of benzene rings is 1. The van der Waals surface area contributed by atoms with Gasteiger partial charge in [0.05, 0.1) is 0 Å². The lowest BCUT2D eigenvalue weighted by atomic mass is 10.00. The molecule has 1 aromatic rings. The third kappa shape index (κ3) is 7.45. The van der Waals surface area contributed by atoms with Crippen molar-refractivity contribution in [2.45, 2.75) is 33.2 Å². The summed E-state index contributed by atoms with van der Waals surface area (Å²) in [5, 5.41) is 6.76. The highest BCUT2D eigenvalue weighted by molar-refractivity contribution is 5.79. The highest BCUT2D eigenvalue weighted by Crippen LogP contribution is 2.17. The van der Waals surface area contributed by atoms with Gasteiger partial charge in [0.15, 0.2) is 5.96 Å². The second-order valence-electron chi connectivity index (χ2n) is 7.04. The molecule has 0 atom stereocenters. The van der Waals surface area contributed by atoms with E-state index in [1.807, 2.05) is 7.05 Å². The number of fused-ring (bicyclic) bond motifs is 1. The van der Waals surface area contributed by atoms with Crippen molar-refractivity contribution >= 4 is 5.96 Å². The Morgan fingerprint density at radius 2 is 1.96 bits per heavy atom. The van der Waals surface area contributed by atoms with Gasteiger partial charge in [-0.15, -0.1) is 0 Å². The van der Waals surface area contributed by atoms with Crippen LogP contribution in [0, 0.1) is 5.92 Å². The van der Waals surface area contributed by atoms with Crippen LogP contribution in [0.3, 0.4) is 0 Å². The van der Waals surface area contributed by atoms with E-state index >= 15 is 0 Å². The van der Waals surface area contributed by atoms with Gasteiger partial charge in [-0.3, -0.25) is 9.89 Å². The van der Waals surface area contributed by atoms with Gasteiger partial charge in [-0.05, 0) is 29.9 Å². The first kappa shape index (κ1) is 19.7. The summed E-state index contributed by atoms with van der Waals surface area (Å²) >= 11 is 0. The third-order valence-electron chi connectivity index (χ3n) is 4.36. The Balaban J connectivity index is 1.57. The van der Waals surface area contributed by atoms with Crippen LogP contribution in [-0.4, -0.2) is 57.3 Å². The van der Waals surface area contributed by atoms with E-state index in [9.17, 15) is 0 Å². The van der Waals surface area contributed by atoms with E-state index in [0.29, 0.717) is 5.92 Å². The maximum absolute atomic E-state index is 5.59. The van der Waals surface area contributed by atoms with Crippen molar-refractivity contribution in [3.8, 4) is 0 Å². The zero-order valence-corrected chi connectivity index (χ0v) is 16.1. The summed E-state index contributed by atoms with van der Waals surface area (Å²) in [6, 6.07) is 8.77. The van der Waals surface area contributed by atoms with Crippen LogP contribution in [0.5, 0.6) is 0 Å². The normalized spacial score (nSPS) is 15.3. The smallest absolute Gasteiger partial charge is 0.191 e. The van der Waals surface area contributed by atoms with Crippen LogP contribution < -0.4 is 10.6 Å². The Labute approximate surface area is 152 Å². The van der Waals surface area contributed by atoms with E-state index < -0.39 is 0 Å². The van der Waals surface area contributed by atoms with E-state index in [2.05, 4.69) is 58.6 Å². The van der Waals surface area contributed by atoms with Gasteiger partial charge in [0.25, 0.3) is 0 Å². The van der Waals surface area contributed by atoms with Crippen molar-refractivity contribution in [1.29, 1.82) is 0 Å². The van der Waals surface area contributed by atoms with Crippen LogP contribution in [0.4, 0.5) is 0 Å². The number of aliphatic imine (C=N–C) groups is 1. The lowest BCUT2D eigenvalue weighted by Crippen LogP contribution is -2.43. The molecule has 2 N–H and O–H groups in total. The van der Waals surface area contributed by atoms with Gasteiger partial charge < -0.3 is 15.4 Å². The van der Waals surface area contributed by atoms with Gasteiger partial charge in [0.2, 0.25) is 0 Å². The molecule has 0 fully saturated rings. The maximum atomic E-state index is 5.59. The van der Waals surface area contributed by atoms with Crippen LogP contribution in [0.1, 0.15) is 31.4 Å². The molecule has 1 heterocycles. The van der Waals surface area contributed by atoms with Crippen molar-refractivity contribution in [3.05, 3.63) is 35.4 Å². The van der Waals surface area contributed by atoms with Crippen molar-refractivity contribution in [2.24, 2.45) is 10.9 Å². The molecule has 5 heteroatoms. The topological polar surface area (TPSA) is 48.9 Å². The van der Waals surface area contributed by atoms with Crippen molar-refractivity contribution in [1.82, 2.24) is 15.5 Å². The third-order valence-corrected chi connectivity index (χ3v) is 4.36. The molecule has 0 radical (unpaired) electrons. The van der Waals surface area contributed by atoms with Crippen molar-refractivity contribution in [3.63, 3.8) is 0 Å². The summed E-state index contributed by atoms with van der Waals surface area (Å²) < 4.78 is 5.59. The van der Waals surface area contributed by atoms with Crippen LogP contribution in [0.25, 0.3) is 0 Å². The van der Waals surface area contributed by atoms with Crippen LogP contribution in [0.15, 0.2) is 29.3 Å². The number of nitrogens with zero attached hydrogens (tertiary/aromatic N) is 2. The van der Waals surface area contributed by atoms with E-state index in [1.54, 1.807) is 0 Å². The van der Waals surface area contributed by atoms with Gasteiger partial charge in [0.1, 0.15) is 0 Å². The lowest BCUT2D eigenvalue weighted by molar-refractivity contribution is 0.108. The Morgan fingerprint density at radius 1 is 1.20 bits per heavy atom. The van der Waals surface area contributed by atoms with Gasteiger partial charge in [0, 0.05) is 53.0 Å². The zero-order valence-electron chi connectivity index (χ0n) is 16.1. The molecule has 0 spiro atoms. The summed E-state index contributed by atoms with van der Waals surface area (Å²) in [4.78, 5) is 6.79. The average molecular weight is 347 g/mol. The van der Waals surface area contributed by atoms with Gasteiger partial charge in [-0.1, -0.05) is 38.1 Å². The minimum absolute atomic E-state index is 0.601. The molecule has 1 aliphatic rings. The highest BCUT2D eigenvalue weighted by atomic mass is 16.5. The van der Waals surface area contributed by atoms with E-state index in [4.69, 9.17) is 4.74 Å². The first-order chi connectivity index (χ1) is 12.2. The molecule has 5 nitrogen and oxygen atoms in total. The van der Waals surface area contributed by atoms with Gasteiger partial charge in [-0.2, -0.15) is 0 Å². The summed E-state index contributed by atoms with van der Waals surface area (Å²) in [5.41, 5.74) is 2.97.